The maximum Gasteiger partial charge on any atom is 0.296 e. The van der Waals surface area contributed by atoms with Gasteiger partial charge in [0.05, 0.1) is 11.5 Å². The number of rotatable bonds is 6. The van der Waals surface area contributed by atoms with Crippen molar-refractivity contribution in [3.8, 4) is 0 Å². The molecule has 1 aromatic carbocycles. The van der Waals surface area contributed by atoms with E-state index in [1.165, 1.54) is 32.1 Å². The molecule has 2 unspecified atom stereocenters. The van der Waals surface area contributed by atoms with Gasteiger partial charge in [-0.15, -0.1) is 6.58 Å². The van der Waals surface area contributed by atoms with Gasteiger partial charge in [0.2, 0.25) is 0 Å². The zero-order chi connectivity index (χ0) is 22.3. The SMILES string of the molecule is C=C[C@@]1(C)CC=C2C(CCC3[C@](C)(CCOS(=O)(=O)c4ccccc4)CCC[C@@]23C)C1. The fraction of sp³-hybridized carbons (Fsp3) is 0.630. The highest BCUT2D eigenvalue weighted by molar-refractivity contribution is 7.86. The molecule has 0 bridgehead atoms. The van der Waals surface area contributed by atoms with Crippen molar-refractivity contribution in [2.75, 3.05) is 6.61 Å². The molecule has 4 heteroatoms. The average Bonchev–Trinajstić information content (AvgIpc) is 2.74. The first-order valence-electron chi connectivity index (χ1n) is 11.9. The monoisotopic (exact) mass is 442 g/mol. The molecule has 0 aliphatic heterocycles. The van der Waals surface area contributed by atoms with Gasteiger partial charge in [-0.1, -0.05) is 63.1 Å². The molecule has 0 aromatic heterocycles. The van der Waals surface area contributed by atoms with Crippen molar-refractivity contribution in [2.24, 2.45) is 28.1 Å². The number of allylic oxidation sites excluding steroid dienone is 3. The summed E-state index contributed by atoms with van der Waals surface area (Å²) in [4.78, 5) is 0.242. The Morgan fingerprint density at radius 3 is 2.58 bits per heavy atom. The highest BCUT2D eigenvalue weighted by Crippen LogP contribution is 2.64. The van der Waals surface area contributed by atoms with Crippen LogP contribution < -0.4 is 0 Å². The number of benzene rings is 1. The van der Waals surface area contributed by atoms with Crippen LogP contribution in [0.1, 0.15) is 72.1 Å². The lowest BCUT2D eigenvalue weighted by molar-refractivity contribution is -0.0365. The lowest BCUT2D eigenvalue weighted by atomic mass is 9.45. The standard InChI is InChI=1S/C27H38O3S/c1-5-25(2)17-14-23-21(20-25)12-13-24-26(3,15-9-16-27(23,24)4)18-19-30-31(28,29)22-10-7-6-8-11-22/h5-8,10-11,14,21,24H,1,9,12-13,15-20H2,2-4H3/t21?,24?,25-,26-,27-/m0/s1. The highest BCUT2D eigenvalue weighted by Gasteiger charge is 2.54. The maximum atomic E-state index is 12.6. The summed E-state index contributed by atoms with van der Waals surface area (Å²) in [6.45, 7) is 11.6. The lowest BCUT2D eigenvalue weighted by Gasteiger charge is -2.59. The van der Waals surface area contributed by atoms with Gasteiger partial charge < -0.3 is 0 Å². The van der Waals surface area contributed by atoms with Gasteiger partial charge in [0.25, 0.3) is 10.1 Å². The van der Waals surface area contributed by atoms with Gasteiger partial charge in [-0.05, 0) is 85.2 Å². The predicted octanol–water partition coefficient (Wildman–Crippen LogP) is 6.92. The van der Waals surface area contributed by atoms with Crippen molar-refractivity contribution in [2.45, 2.75) is 77.0 Å². The second-order valence-corrected chi connectivity index (χ2v) is 12.6. The van der Waals surface area contributed by atoms with E-state index in [1.807, 2.05) is 6.07 Å². The first-order chi connectivity index (χ1) is 14.6. The number of hydrogen-bond donors (Lipinski definition) is 0. The Bertz CT molecular complexity index is 950. The zero-order valence-corrected chi connectivity index (χ0v) is 20.2. The Labute approximate surface area is 189 Å². The van der Waals surface area contributed by atoms with Crippen LogP contribution in [0, 0.1) is 28.1 Å². The average molecular weight is 443 g/mol. The molecule has 0 radical (unpaired) electrons. The van der Waals surface area contributed by atoms with Crippen molar-refractivity contribution in [3.05, 3.63) is 54.6 Å². The summed E-state index contributed by atoms with van der Waals surface area (Å²) in [5.74, 6) is 1.27. The minimum Gasteiger partial charge on any atom is -0.266 e. The van der Waals surface area contributed by atoms with E-state index in [1.54, 1.807) is 29.8 Å². The second-order valence-electron chi connectivity index (χ2n) is 11.0. The van der Waals surface area contributed by atoms with Crippen LogP contribution in [0.4, 0.5) is 0 Å². The molecule has 0 spiro atoms. The predicted molar refractivity (Wildman–Crippen MR) is 126 cm³/mol. The third-order valence-electron chi connectivity index (χ3n) is 8.89. The molecule has 31 heavy (non-hydrogen) atoms. The van der Waals surface area contributed by atoms with Crippen molar-refractivity contribution < 1.29 is 12.6 Å². The molecule has 0 amide bonds. The van der Waals surface area contributed by atoms with Gasteiger partial charge in [-0.3, -0.25) is 4.18 Å². The van der Waals surface area contributed by atoms with E-state index in [4.69, 9.17) is 4.18 Å². The van der Waals surface area contributed by atoms with Crippen molar-refractivity contribution >= 4 is 10.1 Å². The van der Waals surface area contributed by atoms with Crippen molar-refractivity contribution in [1.82, 2.24) is 0 Å². The van der Waals surface area contributed by atoms with Gasteiger partial charge >= 0.3 is 0 Å². The third kappa shape index (κ3) is 4.18. The normalized spacial score (nSPS) is 38.0. The smallest absolute Gasteiger partial charge is 0.266 e. The Balaban J connectivity index is 1.49. The largest absolute Gasteiger partial charge is 0.296 e. The highest BCUT2D eigenvalue weighted by atomic mass is 32.2. The summed E-state index contributed by atoms with van der Waals surface area (Å²) >= 11 is 0. The van der Waals surface area contributed by atoms with Gasteiger partial charge in [-0.25, -0.2) is 0 Å². The zero-order valence-electron chi connectivity index (χ0n) is 19.4. The first-order valence-corrected chi connectivity index (χ1v) is 13.3. The lowest BCUT2D eigenvalue weighted by Crippen LogP contribution is -2.50. The summed E-state index contributed by atoms with van der Waals surface area (Å²) in [5, 5.41) is 0. The van der Waals surface area contributed by atoms with Crippen LogP contribution in [-0.2, 0) is 14.3 Å². The fourth-order valence-corrected chi connectivity index (χ4v) is 8.02. The van der Waals surface area contributed by atoms with E-state index in [0.717, 1.165) is 19.3 Å². The van der Waals surface area contributed by atoms with Gasteiger partial charge in [-0.2, -0.15) is 8.42 Å². The molecule has 3 nitrogen and oxygen atoms in total. The third-order valence-corrected chi connectivity index (χ3v) is 10.2. The van der Waals surface area contributed by atoms with Gasteiger partial charge in [0.1, 0.15) is 0 Å². The summed E-state index contributed by atoms with van der Waals surface area (Å²) in [7, 11) is -3.69. The minimum atomic E-state index is -3.69. The van der Waals surface area contributed by atoms with Crippen molar-refractivity contribution in [3.63, 3.8) is 0 Å². The fourth-order valence-electron chi connectivity index (χ4n) is 7.09. The molecule has 1 aromatic rings. The molecular formula is C27H38O3S. The Kier molecular flexibility index (Phi) is 6.02. The number of hydrogen-bond acceptors (Lipinski definition) is 3. The van der Waals surface area contributed by atoms with Gasteiger partial charge in [0.15, 0.2) is 0 Å². The molecule has 4 rings (SSSR count). The van der Waals surface area contributed by atoms with Crippen LogP contribution in [0.15, 0.2) is 59.5 Å². The second kappa shape index (κ2) is 8.19. The molecule has 3 aliphatic rings. The van der Waals surface area contributed by atoms with Crippen LogP contribution >= 0.6 is 0 Å². The Morgan fingerprint density at radius 1 is 1.13 bits per heavy atom. The van der Waals surface area contributed by atoms with E-state index >= 15 is 0 Å². The van der Waals surface area contributed by atoms with Crippen LogP contribution in [0.3, 0.4) is 0 Å². The number of fused-ring (bicyclic) bond motifs is 3. The molecule has 0 heterocycles. The molecule has 170 valence electrons. The van der Waals surface area contributed by atoms with Crippen molar-refractivity contribution in [1.29, 1.82) is 0 Å². The molecule has 5 atom stereocenters. The summed E-state index contributed by atoms with van der Waals surface area (Å²) < 4.78 is 30.6. The maximum absolute atomic E-state index is 12.6. The van der Waals surface area contributed by atoms with Crippen LogP contribution in [0.2, 0.25) is 0 Å². The van der Waals surface area contributed by atoms with E-state index in [9.17, 15) is 8.42 Å². The first kappa shape index (κ1) is 22.8. The van der Waals surface area contributed by atoms with Crippen LogP contribution in [0.5, 0.6) is 0 Å². The summed E-state index contributed by atoms with van der Waals surface area (Å²) in [6, 6.07) is 8.48. The molecule has 2 saturated carbocycles. The van der Waals surface area contributed by atoms with E-state index in [0.29, 0.717) is 11.8 Å². The van der Waals surface area contributed by atoms with E-state index < -0.39 is 10.1 Å². The molecule has 0 saturated heterocycles. The summed E-state index contributed by atoms with van der Waals surface area (Å²) in [5.41, 5.74) is 2.27. The molecule has 3 aliphatic carbocycles. The summed E-state index contributed by atoms with van der Waals surface area (Å²) in [6.07, 6.45) is 13.9. The molecule has 0 N–H and O–H groups in total. The van der Waals surface area contributed by atoms with Crippen LogP contribution in [0.25, 0.3) is 0 Å². The Morgan fingerprint density at radius 2 is 1.87 bits per heavy atom. The quantitative estimate of drug-likeness (QED) is 0.355. The van der Waals surface area contributed by atoms with E-state index in [2.05, 4.69) is 39.5 Å². The Hall–Kier alpha value is -1.39. The topological polar surface area (TPSA) is 43.4 Å². The molecular weight excluding hydrogens is 404 g/mol. The van der Waals surface area contributed by atoms with Gasteiger partial charge in [0, 0.05) is 0 Å². The molecule has 2 fully saturated rings. The minimum absolute atomic E-state index is 0.115. The van der Waals surface area contributed by atoms with E-state index in [-0.39, 0.29) is 27.7 Å². The van der Waals surface area contributed by atoms with Crippen LogP contribution in [-0.4, -0.2) is 15.0 Å².